The molecule has 0 atom stereocenters. The number of pyridine rings is 1. The summed E-state index contributed by atoms with van der Waals surface area (Å²) in [4.78, 5) is 4.15. The zero-order chi connectivity index (χ0) is 7.72. The Morgan fingerprint density at radius 2 is 1.80 bits per heavy atom. The predicted octanol–water partition coefficient (Wildman–Crippen LogP) is 1.59. The van der Waals surface area contributed by atoms with E-state index in [0.29, 0.717) is 5.82 Å². The molecule has 0 saturated carbocycles. The third-order valence-electron chi connectivity index (χ3n) is 1.70. The van der Waals surface area contributed by atoms with Gasteiger partial charge in [-0.15, -0.1) is 0 Å². The Kier molecular flexibility index (Phi) is 1.62. The minimum absolute atomic E-state index is 0.642. The summed E-state index contributed by atoms with van der Waals surface area (Å²) in [5.41, 5.74) is 8.85. The van der Waals surface area contributed by atoms with Crippen molar-refractivity contribution in [3.63, 3.8) is 0 Å². The van der Waals surface area contributed by atoms with Crippen molar-refractivity contribution in [1.29, 1.82) is 0 Å². The Morgan fingerprint density at radius 3 is 2.30 bits per heavy atom. The summed E-state index contributed by atoms with van der Waals surface area (Å²) in [5, 5.41) is 0. The Labute approximate surface area is 61.1 Å². The SMILES string of the molecule is Cc1cc(C)c(N)nc1C. The van der Waals surface area contributed by atoms with E-state index in [1.54, 1.807) is 0 Å². The van der Waals surface area contributed by atoms with Gasteiger partial charge in [0, 0.05) is 5.69 Å². The monoisotopic (exact) mass is 136 g/mol. The summed E-state index contributed by atoms with van der Waals surface area (Å²) < 4.78 is 0. The summed E-state index contributed by atoms with van der Waals surface area (Å²) in [7, 11) is 0. The van der Waals surface area contributed by atoms with Crippen LogP contribution in [0.3, 0.4) is 0 Å². The minimum atomic E-state index is 0.642. The molecule has 1 rings (SSSR count). The Bertz CT molecular complexity index is 203. The van der Waals surface area contributed by atoms with Gasteiger partial charge in [0.05, 0.1) is 0 Å². The molecule has 0 amide bonds. The first-order valence-corrected chi connectivity index (χ1v) is 3.31. The number of aromatic nitrogens is 1. The molecule has 10 heavy (non-hydrogen) atoms. The van der Waals surface area contributed by atoms with E-state index < -0.39 is 0 Å². The van der Waals surface area contributed by atoms with E-state index in [0.717, 1.165) is 11.3 Å². The topological polar surface area (TPSA) is 38.9 Å². The van der Waals surface area contributed by atoms with Gasteiger partial charge >= 0.3 is 0 Å². The minimum Gasteiger partial charge on any atom is -0.383 e. The summed E-state index contributed by atoms with van der Waals surface area (Å²) in [6, 6.07) is 2.05. The second-order valence-corrected chi connectivity index (χ2v) is 2.59. The van der Waals surface area contributed by atoms with Gasteiger partial charge in [0.2, 0.25) is 0 Å². The Balaban J connectivity index is 3.28. The lowest BCUT2D eigenvalue weighted by atomic mass is 10.2. The molecule has 0 aliphatic carbocycles. The van der Waals surface area contributed by atoms with Crippen LogP contribution in [0.5, 0.6) is 0 Å². The number of hydrogen-bond acceptors (Lipinski definition) is 2. The zero-order valence-corrected chi connectivity index (χ0v) is 6.60. The molecule has 1 aromatic rings. The van der Waals surface area contributed by atoms with Crippen molar-refractivity contribution in [3.05, 3.63) is 22.9 Å². The van der Waals surface area contributed by atoms with Crippen LogP contribution in [0, 0.1) is 20.8 Å². The van der Waals surface area contributed by atoms with E-state index in [-0.39, 0.29) is 0 Å². The number of nitrogen functional groups attached to an aromatic ring is 1. The van der Waals surface area contributed by atoms with Crippen molar-refractivity contribution >= 4 is 5.82 Å². The molecule has 0 aliphatic rings. The number of nitrogens with zero attached hydrogens (tertiary/aromatic N) is 1. The summed E-state index contributed by atoms with van der Waals surface area (Å²) in [6.07, 6.45) is 0. The van der Waals surface area contributed by atoms with Crippen LogP contribution in [0.4, 0.5) is 5.82 Å². The maximum atomic E-state index is 5.58. The third kappa shape index (κ3) is 1.10. The second-order valence-electron chi connectivity index (χ2n) is 2.59. The van der Waals surface area contributed by atoms with Crippen molar-refractivity contribution in [3.8, 4) is 0 Å². The standard InChI is InChI=1S/C8H12N2/c1-5-4-6(2)8(9)10-7(5)3/h4H,1-3H3,(H2,9,10). The van der Waals surface area contributed by atoms with Crippen molar-refractivity contribution in [1.82, 2.24) is 4.98 Å². The summed E-state index contributed by atoms with van der Waals surface area (Å²) >= 11 is 0. The highest BCUT2D eigenvalue weighted by molar-refractivity contribution is 5.41. The first-order valence-electron chi connectivity index (χ1n) is 3.31. The normalized spacial score (nSPS) is 9.90. The molecular formula is C8H12N2. The average Bonchev–Trinajstić information content (AvgIpc) is 1.84. The Hall–Kier alpha value is -1.05. The van der Waals surface area contributed by atoms with E-state index in [4.69, 9.17) is 5.73 Å². The van der Waals surface area contributed by atoms with Crippen molar-refractivity contribution in [2.75, 3.05) is 5.73 Å². The number of rotatable bonds is 0. The molecule has 54 valence electrons. The van der Waals surface area contributed by atoms with Crippen molar-refractivity contribution in [2.45, 2.75) is 20.8 Å². The molecule has 0 aliphatic heterocycles. The molecule has 0 radical (unpaired) electrons. The predicted molar refractivity (Wildman–Crippen MR) is 42.9 cm³/mol. The average molecular weight is 136 g/mol. The van der Waals surface area contributed by atoms with Crippen LogP contribution in [0.2, 0.25) is 0 Å². The highest BCUT2D eigenvalue weighted by Crippen LogP contribution is 2.11. The van der Waals surface area contributed by atoms with E-state index in [1.807, 2.05) is 20.8 Å². The molecule has 1 heterocycles. The van der Waals surface area contributed by atoms with Crippen LogP contribution in [-0.4, -0.2) is 4.98 Å². The molecule has 0 aromatic carbocycles. The van der Waals surface area contributed by atoms with E-state index in [9.17, 15) is 0 Å². The van der Waals surface area contributed by atoms with Crippen LogP contribution in [0.25, 0.3) is 0 Å². The molecule has 2 nitrogen and oxygen atoms in total. The van der Waals surface area contributed by atoms with Crippen LogP contribution < -0.4 is 5.73 Å². The molecule has 2 N–H and O–H groups in total. The molecule has 0 unspecified atom stereocenters. The van der Waals surface area contributed by atoms with Crippen molar-refractivity contribution in [2.24, 2.45) is 0 Å². The van der Waals surface area contributed by atoms with Crippen LogP contribution in [0.1, 0.15) is 16.8 Å². The number of aryl methyl sites for hydroxylation is 3. The van der Waals surface area contributed by atoms with Gasteiger partial charge in [-0.2, -0.15) is 0 Å². The van der Waals surface area contributed by atoms with Crippen LogP contribution in [0.15, 0.2) is 6.07 Å². The molecule has 1 aromatic heterocycles. The van der Waals surface area contributed by atoms with Gasteiger partial charge in [0.1, 0.15) is 5.82 Å². The van der Waals surface area contributed by atoms with E-state index in [1.165, 1.54) is 5.56 Å². The van der Waals surface area contributed by atoms with Gasteiger partial charge < -0.3 is 5.73 Å². The highest BCUT2D eigenvalue weighted by Gasteiger charge is 1.97. The van der Waals surface area contributed by atoms with Gasteiger partial charge in [-0.05, 0) is 31.9 Å². The molecular weight excluding hydrogens is 124 g/mol. The highest BCUT2D eigenvalue weighted by atomic mass is 14.8. The lowest BCUT2D eigenvalue weighted by molar-refractivity contribution is 1.13. The number of hydrogen-bond donors (Lipinski definition) is 1. The van der Waals surface area contributed by atoms with Gasteiger partial charge in [-0.3, -0.25) is 0 Å². The summed E-state index contributed by atoms with van der Waals surface area (Å²) in [6.45, 7) is 5.97. The fourth-order valence-electron chi connectivity index (χ4n) is 0.860. The lowest BCUT2D eigenvalue weighted by Gasteiger charge is -2.02. The van der Waals surface area contributed by atoms with Gasteiger partial charge in [0.25, 0.3) is 0 Å². The van der Waals surface area contributed by atoms with E-state index in [2.05, 4.69) is 11.1 Å². The molecule has 0 fully saturated rings. The Morgan fingerprint density at radius 1 is 1.20 bits per heavy atom. The maximum Gasteiger partial charge on any atom is 0.126 e. The maximum absolute atomic E-state index is 5.58. The largest absolute Gasteiger partial charge is 0.383 e. The number of anilines is 1. The zero-order valence-electron chi connectivity index (χ0n) is 6.60. The van der Waals surface area contributed by atoms with Gasteiger partial charge in [0.15, 0.2) is 0 Å². The molecule has 2 heteroatoms. The molecule has 0 spiro atoms. The fourth-order valence-corrected chi connectivity index (χ4v) is 0.860. The molecule has 0 saturated heterocycles. The lowest BCUT2D eigenvalue weighted by Crippen LogP contribution is -1.97. The molecule has 0 bridgehead atoms. The van der Waals surface area contributed by atoms with Crippen LogP contribution >= 0.6 is 0 Å². The quantitative estimate of drug-likeness (QED) is 0.588. The first-order chi connectivity index (χ1) is 4.61. The van der Waals surface area contributed by atoms with Gasteiger partial charge in [-0.1, -0.05) is 6.07 Å². The van der Waals surface area contributed by atoms with Gasteiger partial charge in [-0.25, -0.2) is 4.98 Å². The summed E-state index contributed by atoms with van der Waals surface area (Å²) in [5.74, 6) is 0.642. The number of nitrogens with two attached hydrogens (primary N) is 1. The second kappa shape index (κ2) is 2.29. The van der Waals surface area contributed by atoms with E-state index >= 15 is 0 Å². The smallest absolute Gasteiger partial charge is 0.126 e. The fraction of sp³-hybridized carbons (Fsp3) is 0.375. The third-order valence-corrected chi connectivity index (χ3v) is 1.70. The first kappa shape index (κ1) is 7.06. The van der Waals surface area contributed by atoms with Crippen molar-refractivity contribution < 1.29 is 0 Å². The van der Waals surface area contributed by atoms with Crippen LogP contribution in [-0.2, 0) is 0 Å².